The fourth-order valence-corrected chi connectivity index (χ4v) is 5.07. The molecule has 0 atom stereocenters. The predicted octanol–water partition coefficient (Wildman–Crippen LogP) is 5.13. The quantitative estimate of drug-likeness (QED) is 0.489. The van der Waals surface area contributed by atoms with E-state index < -0.39 is 0 Å². The van der Waals surface area contributed by atoms with Crippen LogP contribution in [0.25, 0.3) is 11.0 Å². The van der Waals surface area contributed by atoms with Crippen molar-refractivity contribution in [2.75, 3.05) is 0 Å². The minimum Gasteiger partial charge on any atom is -0.487 e. The molecular formula is C25H28N2O2. The van der Waals surface area contributed by atoms with Gasteiger partial charge in [0.15, 0.2) is 0 Å². The van der Waals surface area contributed by atoms with E-state index in [-0.39, 0.29) is 5.60 Å². The van der Waals surface area contributed by atoms with Crippen LogP contribution in [-0.2, 0) is 12.8 Å². The van der Waals surface area contributed by atoms with Crippen LogP contribution in [0, 0.1) is 6.92 Å². The number of nitrogens with two attached hydrogens (primary N) is 1. The van der Waals surface area contributed by atoms with E-state index in [1.165, 1.54) is 48.8 Å². The molecule has 0 unspecified atom stereocenters. The molecule has 2 aliphatic rings. The van der Waals surface area contributed by atoms with E-state index in [4.69, 9.17) is 15.0 Å². The van der Waals surface area contributed by atoms with E-state index in [9.17, 15) is 0 Å². The average Bonchev–Trinajstić information content (AvgIpc) is 2.76. The lowest BCUT2D eigenvalue weighted by atomic mass is 9.79. The van der Waals surface area contributed by atoms with Crippen LogP contribution in [0.1, 0.15) is 60.8 Å². The molecule has 0 bridgehead atoms. The molecule has 4 nitrogen and oxygen atoms in total. The second-order valence-electron chi connectivity index (χ2n) is 8.60. The second-order valence-corrected chi connectivity index (χ2v) is 8.60. The maximum atomic E-state index is 6.59. The Labute approximate surface area is 171 Å². The summed E-state index contributed by atoms with van der Waals surface area (Å²) in [6, 6.07) is 14.7. The predicted molar refractivity (Wildman–Crippen MR) is 115 cm³/mol. The van der Waals surface area contributed by atoms with E-state index in [1.807, 2.05) is 6.07 Å². The molecule has 2 N–H and O–H groups in total. The Morgan fingerprint density at radius 2 is 1.83 bits per heavy atom. The van der Waals surface area contributed by atoms with Gasteiger partial charge in [-0.2, -0.15) is 0 Å². The number of nitrogens with zero attached hydrogens (tertiary/aromatic N) is 1. The molecule has 4 heteroatoms. The zero-order valence-electron chi connectivity index (χ0n) is 17.0. The van der Waals surface area contributed by atoms with Crippen molar-refractivity contribution in [2.45, 2.75) is 63.9 Å². The van der Waals surface area contributed by atoms with Crippen molar-refractivity contribution >= 4 is 11.0 Å². The Morgan fingerprint density at radius 3 is 2.59 bits per heavy atom. The van der Waals surface area contributed by atoms with Gasteiger partial charge < -0.3 is 15.0 Å². The molecule has 2 heterocycles. The summed E-state index contributed by atoms with van der Waals surface area (Å²) in [6.07, 6.45) is 9.14. The Morgan fingerprint density at radius 1 is 1.03 bits per heavy atom. The Bertz CT molecular complexity index is 1110. The van der Waals surface area contributed by atoms with Crippen LogP contribution < -0.4 is 16.1 Å². The minimum atomic E-state index is 0.0301. The van der Waals surface area contributed by atoms with Crippen LogP contribution in [0.4, 0.5) is 0 Å². The number of hydrogen-bond acceptors (Lipinski definition) is 4. The van der Waals surface area contributed by atoms with Crippen molar-refractivity contribution < 1.29 is 9.15 Å². The number of ether oxygens (including phenoxy) is 1. The lowest BCUT2D eigenvalue weighted by Gasteiger charge is -2.41. The lowest BCUT2D eigenvalue weighted by molar-refractivity contribution is 0.0109. The molecule has 0 amide bonds. The number of benzene rings is 2. The maximum absolute atomic E-state index is 6.59. The molecular weight excluding hydrogens is 360 g/mol. The first-order valence-corrected chi connectivity index (χ1v) is 10.7. The monoisotopic (exact) mass is 388 g/mol. The number of hydrogen-bond donors (Lipinski definition) is 1. The minimum absolute atomic E-state index is 0.0301. The van der Waals surface area contributed by atoms with Gasteiger partial charge in [-0.05, 0) is 68.2 Å². The molecule has 2 aromatic carbocycles. The Balaban J connectivity index is 1.59. The van der Waals surface area contributed by atoms with Gasteiger partial charge in [-0.3, -0.25) is 0 Å². The molecule has 0 saturated heterocycles. The summed E-state index contributed by atoms with van der Waals surface area (Å²) in [5, 5.41) is 5.10. The van der Waals surface area contributed by atoms with Crippen LogP contribution in [0.2, 0.25) is 0 Å². The summed E-state index contributed by atoms with van der Waals surface area (Å²) in [6.45, 7) is 2.14. The average molecular weight is 389 g/mol. The second kappa shape index (κ2) is 7.25. The van der Waals surface area contributed by atoms with Crippen LogP contribution in [0.15, 0.2) is 52.0 Å². The molecule has 1 aliphatic heterocycles. The van der Waals surface area contributed by atoms with E-state index in [2.05, 4.69) is 48.4 Å². The van der Waals surface area contributed by atoms with Gasteiger partial charge in [0.25, 0.3) is 0 Å². The van der Waals surface area contributed by atoms with E-state index >= 15 is 0 Å². The molecule has 29 heavy (non-hydrogen) atoms. The summed E-state index contributed by atoms with van der Waals surface area (Å²) >= 11 is 0. The van der Waals surface area contributed by atoms with Crippen LogP contribution in [0.3, 0.4) is 0 Å². The molecule has 150 valence electrons. The third kappa shape index (κ3) is 3.31. The standard InChI is InChI=1S/C25H28N2O2/c1-17-20-15-19-10-13-25(11-6-3-7-12-25)29-22(19)16-23(20)28-24(27-26)21(17)14-18-8-4-2-5-9-18/h2,4-5,8-9,15-16H,3,6-7,10-14,26H2,1H3/b27-24+. The maximum Gasteiger partial charge on any atom is 0.239 e. The van der Waals surface area contributed by atoms with Gasteiger partial charge in [-0.15, -0.1) is 5.10 Å². The highest BCUT2D eigenvalue weighted by Gasteiger charge is 2.37. The summed E-state index contributed by atoms with van der Waals surface area (Å²) in [5.41, 5.74) is 6.07. The third-order valence-corrected chi connectivity index (χ3v) is 6.77. The van der Waals surface area contributed by atoms with Crippen molar-refractivity contribution in [3.8, 4) is 5.75 Å². The number of fused-ring (bicyclic) bond motifs is 2. The molecule has 1 saturated carbocycles. The molecule has 1 spiro atoms. The van der Waals surface area contributed by atoms with E-state index in [1.54, 1.807) is 0 Å². The van der Waals surface area contributed by atoms with Gasteiger partial charge in [-0.25, -0.2) is 0 Å². The Kier molecular flexibility index (Phi) is 4.57. The number of aryl methyl sites for hydroxylation is 2. The fraction of sp³-hybridized carbons (Fsp3) is 0.400. The first-order chi connectivity index (χ1) is 14.2. The molecule has 1 aliphatic carbocycles. The van der Waals surface area contributed by atoms with Gasteiger partial charge in [0.2, 0.25) is 5.55 Å². The highest BCUT2D eigenvalue weighted by molar-refractivity contribution is 5.84. The lowest BCUT2D eigenvalue weighted by Crippen LogP contribution is -2.41. The highest BCUT2D eigenvalue weighted by atomic mass is 16.5. The van der Waals surface area contributed by atoms with Crippen molar-refractivity contribution in [2.24, 2.45) is 10.9 Å². The summed E-state index contributed by atoms with van der Waals surface area (Å²) in [7, 11) is 0. The molecule has 1 fully saturated rings. The third-order valence-electron chi connectivity index (χ3n) is 6.77. The van der Waals surface area contributed by atoms with Gasteiger partial charge in [-0.1, -0.05) is 36.8 Å². The zero-order chi connectivity index (χ0) is 19.8. The van der Waals surface area contributed by atoms with Gasteiger partial charge in [0.1, 0.15) is 16.9 Å². The van der Waals surface area contributed by atoms with Gasteiger partial charge in [0.05, 0.1) is 0 Å². The van der Waals surface area contributed by atoms with Gasteiger partial charge >= 0.3 is 0 Å². The van der Waals surface area contributed by atoms with E-state index in [0.717, 1.165) is 41.5 Å². The smallest absolute Gasteiger partial charge is 0.239 e. The molecule has 1 aromatic heterocycles. The van der Waals surface area contributed by atoms with Crippen LogP contribution in [-0.4, -0.2) is 5.60 Å². The van der Waals surface area contributed by atoms with Crippen LogP contribution >= 0.6 is 0 Å². The van der Waals surface area contributed by atoms with Crippen molar-refractivity contribution in [1.82, 2.24) is 0 Å². The molecule has 0 radical (unpaired) electrons. The van der Waals surface area contributed by atoms with Crippen molar-refractivity contribution in [3.05, 3.63) is 70.3 Å². The number of rotatable bonds is 2. The SMILES string of the molecule is Cc1c(Cc2ccccc2)/c(=N\N)oc2cc3c(cc12)CCC1(CCCCC1)O3. The van der Waals surface area contributed by atoms with Crippen molar-refractivity contribution in [3.63, 3.8) is 0 Å². The molecule has 5 rings (SSSR count). The topological polar surface area (TPSA) is 60.8 Å². The largest absolute Gasteiger partial charge is 0.487 e. The summed E-state index contributed by atoms with van der Waals surface area (Å²) in [5.74, 6) is 6.69. The highest BCUT2D eigenvalue weighted by Crippen LogP contribution is 2.43. The Hall–Kier alpha value is -2.75. The van der Waals surface area contributed by atoms with Crippen LogP contribution in [0.5, 0.6) is 5.75 Å². The summed E-state index contributed by atoms with van der Waals surface area (Å²) < 4.78 is 12.8. The van der Waals surface area contributed by atoms with E-state index in [0.29, 0.717) is 5.55 Å². The molecule has 3 aromatic rings. The van der Waals surface area contributed by atoms with Gasteiger partial charge in [0, 0.05) is 23.4 Å². The summed E-state index contributed by atoms with van der Waals surface area (Å²) in [4.78, 5) is 0. The first-order valence-electron chi connectivity index (χ1n) is 10.7. The fourth-order valence-electron chi connectivity index (χ4n) is 5.07. The van der Waals surface area contributed by atoms with Crippen molar-refractivity contribution in [1.29, 1.82) is 0 Å². The normalized spacial score (nSPS) is 18.6. The zero-order valence-corrected chi connectivity index (χ0v) is 17.0. The first kappa shape index (κ1) is 18.3.